The van der Waals surface area contributed by atoms with Crippen LogP contribution in [0.2, 0.25) is 0 Å². The first-order valence-electron chi connectivity index (χ1n) is 11.4. The summed E-state index contributed by atoms with van der Waals surface area (Å²) in [4.78, 5) is 13.1. The van der Waals surface area contributed by atoms with Crippen LogP contribution < -0.4 is 4.74 Å². The van der Waals surface area contributed by atoms with E-state index < -0.39 is 0 Å². The van der Waals surface area contributed by atoms with E-state index in [1.165, 1.54) is 26.4 Å². The summed E-state index contributed by atoms with van der Waals surface area (Å²) in [7, 11) is 3.98. The third-order valence-corrected chi connectivity index (χ3v) is 7.79. The number of benzene rings is 2. The largest absolute Gasteiger partial charge is 0.497 e. The number of hydrogen-bond donors (Lipinski definition) is 0. The molecule has 5 rings (SSSR count). The standard InChI is InChI=1S/C27H31N3OS/c1-19-16-24-26(32-19)17-21-6-4-5-7-25(21)28-27(24)30-15-14-29(2)22(18-30)11-8-20-9-12-23(31-3)13-10-20/h4-7,9-10,12-13,16,22H,8,11,14-15,17-18H2,1-3H3. The van der Waals surface area contributed by atoms with Crippen LogP contribution in [0.3, 0.4) is 0 Å². The van der Waals surface area contributed by atoms with Gasteiger partial charge in [0.1, 0.15) is 11.6 Å². The van der Waals surface area contributed by atoms with Gasteiger partial charge in [-0.1, -0.05) is 30.3 Å². The van der Waals surface area contributed by atoms with Crippen molar-refractivity contribution in [2.24, 2.45) is 4.99 Å². The molecule has 0 radical (unpaired) electrons. The van der Waals surface area contributed by atoms with E-state index in [1.807, 2.05) is 11.3 Å². The topological polar surface area (TPSA) is 28.1 Å². The fraction of sp³-hybridized carbons (Fsp3) is 0.370. The number of amidine groups is 1. The molecule has 1 unspecified atom stereocenters. The third kappa shape index (κ3) is 4.32. The first kappa shape index (κ1) is 21.2. The van der Waals surface area contributed by atoms with E-state index in [9.17, 15) is 0 Å². The minimum Gasteiger partial charge on any atom is -0.497 e. The normalized spacial score (nSPS) is 18.5. The van der Waals surface area contributed by atoms with E-state index in [2.05, 4.69) is 78.4 Å². The number of nitrogens with zero attached hydrogens (tertiary/aromatic N) is 3. The second kappa shape index (κ2) is 9.08. The van der Waals surface area contributed by atoms with E-state index in [0.717, 1.165) is 56.2 Å². The summed E-state index contributed by atoms with van der Waals surface area (Å²) in [6, 6.07) is 20.0. The molecule has 1 atom stereocenters. The van der Waals surface area contributed by atoms with Gasteiger partial charge in [0.25, 0.3) is 0 Å². The lowest BCUT2D eigenvalue weighted by atomic mass is 10.0. The molecule has 0 bridgehead atoms. The van der Waals surface area contributed by atoms with Crippen molar-refractivity contribution in [3.8, 4) is 5.75 Å². The molecule has 32 heavy (non-hydrogen) atoms. The second-order valence-electron chi connectivity index (χ2n) is 8.90. The SMILES string of the molecule is COc1ccc(CCC2CN(C3=Nc4ccccc4Cc4sc(C)cc43)CCN2C)cc1. The molecule has 1 saturated heterocycles. The summed E-state index contributed by atoms with van der Waals surface area (Å²) in [6.07, 6.45) is 3.19. The second-order valence-corrected chi connectivity index (χ2v) is 10.2. The molecule has 0 aliphatic carbocycles. The molecule has 2 aromatic carbocycles. The minimum atomic E-state index is 0.509. The summed E-state index contributed by atoms with van der Waals surface area (Å²) in [5, 5.41) is 0. The number of aryl methyl sites for hydroxylation is 2. The molecule has 4 nitrogen and oxygen atoms in total. The molecule has 0 N–H and O–H groups in total. The van der Waals surface area contributed by atoms with Gasteiger partial charge in [0.15, 0.2) is 0 Å². The summed E-state index contributed by atoms with van der Waals surface area (Å²) in [5.74, 6) is 2.08. The number of methoxy groups -OCH3 is 1. The molecule has 0 spiro atoms. The van der Waals surface area contributed by atoms with Crippen LogP contribution >= 0.6 is 11.3 Å². The van der Waals surface area contributed by atoms with E-state index in [4.69, 9.17) is 9.73 Å². The average molecular weight is 446 g/mol. The lowest BCUT2D eigenvalue weighted by Gasteiger charge is -2.41. The fourth-order valence-electron chi connectivity index (χ4n) is 4.82. The number of rotatable bonds is 4. The molecule has 0 amide bonds. The Hall–Kier alpha value is -2.63. The van der Waals surface area contributed by atoms with Gasteiger partial charge < -0.3 is 9.64 Å². The maximum absolute atomic E-state index is 5.30. The summed E-state index contributed by atoms with van der Waals surface area (Å²) < 4.78 is 5.30. The van der Waals surface area contributed by atoms with Crippen LogP contribution in [0.25, 0.3) is 0 Å². The maximum atomic E-state index is 5.30. The zero-order chi connectivity index (χ0) is 22.1. The van der Waals surface area contributed by atoms with Gasteiger partial charge in [0, 0.05) is 47.4 Å². The highest BCUT2D eigenvalue weighted by atomic mass is 32.1. The Labute approximate surface area is 195 Å². The van der Waals surface area contributed by atoms with Gasteiger partial charge in [0.05, 0.1) is 12.8 Å². The zero-order valence-corrected chi connectivity index (χ0v) is 20.0. The van der Waals surface area contributed by atoms with Crippen molar-refractivity contribution in [3.63, 3.8) is 0 Å². The number of thiophene rings is 1. The van der Waals surface area contributed by atoms with Gasteiger partial charge in [0.2, 0.25) is 0 Å². The van der Waals surface area contributed by atoms with Crippen molar-refractivity contribution in [1.82, 2.24) is 9.80 Å². The Bertz CT molecular complexity index is 1120. The molecular formula is C27H31N3OS. The average Bonchev–Trinajstić information content (AvgIpc) is 3.10. The van der Waals surface area contributed by atoms with Crippen LogP contribution in [0.15, 0.2) is 59.6 Å². The number of ether oxygens (including phenoxy) is 1. The summed E-state index contributed by atoms with van der Waals surface area (Å²) in [5.41, 5.74) is 5.16. The number of fused-ring (bicyclic) bond motifs is 2. The van der Waals surface area contributed by atoms with Crippen molar-refractivity contribution in [3.05, 3.63) is 81.0 Å². The quantitative estimate of drug-likeness (QED) is 0.546. The highest BCUT2D eigenvalue weighted by Gasteiger charge is 2.29. The van der Waals surface area contributed by atoms with Gasteiger partial charge in [-0.2, -0.15) is 0 Å². The molecule has 2 aliphatic rings. The van der Waals surface area contributed by atoms with Crippen LogP contribution in [0, 0.1) is 6.92 Å². The minimum absolute atomic E-state index is 0.509. The van der Waals surface area contributed by atoms with E-state index >= 15 is 0 Å². The molecule has 166 valence electrons. The van der Waals surface area contributed by atoms with Gasteiger partial charge in [-0.25, -0.2) is 4.99 Å². The number of hydrogen-bond acceptors (Lipinski definition) is 5. The Morgan fingerprint density at radius 1 is 1.09 bits per heavy atom. The Morgan fingerprint density at radius 3 is 2.72 bits per heavy atom. The van der Waals surface area contributed by atoms with Gasteiger partial charge in [-0.05, 0) is 62.2 Å². The molecule has 3 heterocycles. The van der Waals surface area contributed by atoms with Gasteiger partial charge in [-0.15, -0.1) is 11.3 Å². The van der Waals surface area contributed by atoms with Crippen LogP contribution in [-0.4, -0.2) is 55.5 Å². The Balaban J connectivity index is 1.38. The molecule has 5 heteroatoms. The molecular weight excluding hydrogens is 414 g/mol. The predicted molar refractivity (Wildman–Crippen MR) is 134 cm³/mol. The number of likely N-dealkylation sites (N-methyl/N-ethyl adjacent to an activating group) is 1. The molecule has 3 aromatic rings. The lowest BCUT2D eigenvalue weighted by molar-refractivity contribution is 0.134. The molecule has 1 aromatic heterocycles. The van der Waals surface area contributed by atoms with Crippen molar-refractivity contribution in [2.45, 2.75) is 32.2 Å². The van der Waals surface area contributed by atoms with Crippen LogP contribution in [-0.2, 0) is 12.8 Å². The molecule has 1 fully saturated rings. The fourth-order valence-corrected chi connectivity index (χ4v) is 5.87. The number of para-hydroxylation sites is 1. The molecule has 2 aliphatic heterocycles. The van der Waals surface area contributed by atoms with Crippen molar-refractivity contribution >= 4 is 22.9 Å². The summed E-state index contributed by atoms with van der Waals surface area (Å²) >= 11 is 1.92. The van der Waals surface area contributed by atoms with Crippen molar-refractivity contribution in [1.29, 1.82) is 0 Å². The van der Waals surface area contributed by atoms with Crippen molar-refractivity contribution < 1.29 is 4.74 Å². The lowest BCUT2D eigenvalue weighted by Crippen LogP contribution is -2.53. The highest BCUT2D eigenvalue weighted by Crippen LogP contribution is 2.34. The third-order valence-electron chi connectivity index (χ3n) is 6.74. The number of aliphatic imine (C=N–C) groups is 1. The monoisotopic (exact) mass is 445 g/mol. The summed E-state index contributed by atoms with van der Waals surface area (Å²) in [6.45, 7) is 5.31. The Kier molecular flexibility index (Phi) is 6.03. The highest BCUT2D eigenvalue weighted by molar-refractivity contribution is 7.12. The molecule has 0 saturated carbocycles. The van der Waals surface area contributed by atoms with E-state index in [1.54, 1.807) is 7.11 Å². The zero-order valence-electron chi connectivity index (χ0n) is 19.2. The number of piperazine rings is 1. The van der Waals surface area contributed by atoms with Crippen LogP contribution in [0.1, 0.15) is 32.9 Å². The van der Waals surface area contributed by atoms with E-state index in [0.29, 0.717) is 6.04 Å². The van der Waals surface area contributed by atoms with Crippen LogP contribution in [0.5, 0.6) is 5.75 Å². The first-order valence-corrected chi connectivity index (χ1v) is 12.3. The first-order chi connectivity index (χ1) is 15.6. The van der Waals surface area contributed by atoms with Gasteiger partial charge >= 0.3 is 0 Å². The predicted octanol–water partition coefficient (Wildman–Crippen LogP) is 5.30. The van der Waals surface area contributed by atoms with Crippen LogP contribution in [0.4, 0.5) is 5.69 Å². The maximum Gasteiger partial charge on any atom is 0.137 e. The van der Waals surface area contributed by atoms with Gasteiger partial charge in [-0.3, -0.25) is 4.90 Å². The van der Waals surface area contributed by atoms with Crippen molar-refractivity contribution in [2.75, 3.05) is 33.8 Å². The Morgan fingerprint density at radius 2 is 1.91 bits per heavy atom. The van der Waals surface area contributed by atoms with E-state index in [-0.39, 0.29) is 0 Å². The smallest absolute Gasteiger partial charge is 0.137 e.